The molecule has 0 aliphatic carbocycles. The number of carbonyl (C=O) groups excluding carboxylic acids is 2. The van der Waals surface area contributed by atoms with Gasteiger partial charge >= 0.3 is 14.2 Å². The van der Waals surface area contributed by atoms with Crippen LogP contribution in [0.3, 0.4) is 0 Å². The number of ether oxygens (including phenoxy) is 4. The van der Waals surface area contributed by atoms with Gasteiger partial charge in [-0.15, -0.1) is 4.52 Å². The van der Waals surface area contributed by atoms with E-state index in [2.05, 4.69) is 9.72 Å². The minimum atomic E-state index is -2.69. The molecule has 14 nitrogen and oxygen atoms in total. The van der Waals surface area contributed by atoms with Crippen LogP contribution in [0, 0.1) is 0 Å². The number of amides is 1. The Balaban J connectivity index is 1.46. The van der Waals surface area contributed by atoms with Gasteiger partial charge in [-0.05, 0) is 19.9 Å². The number of nitrogens with two attached hydrogens (primary N) is 2. The number of para-hydroxylation sites is 1. The maximum atomic E-state index is 12.8. The maximum Gasteiger partial charge on any atom is 0.750 e. The van der Waals surface area contributed by atoms with E-state index >= 15 is 0 Å². The number of hydrogen-bond donors (Lipinski definition) is 2. The second-order valence-electron chi connectivity index (χ2n) is 9.03. The summed E-state index contributed by atoms with van der Waals surface area (Å²) < 4.78 is 47.3. The summed E-state index contributed by atoms with van der Waals surface area (Å²) >= 11 is 0. The van der Waals surface area contributed by atoms with Gasteiger partial charge in [-0.2, -0.15) is 0 Å². The van der Waals surface area contributed by atoms with Gasteiger partial charge in [0.25, 0.3) is 11.5 Å². The van der Waals surface area contributed by atoms with Crippen molar-refractivity contribution in [3.63, 3.8) is 0 Å². The van der Waals surface area contributed by atoms with Gasteiger partial charge in [-0.25, -0.2) is 9.51 Å². The minimum absolute atomic E-state index is 0.0947. The molecule has 1 amide bonds. The van der Waals surface area contributed by atoms with Gasteiger partial charge in [0, 0.05) is 28.9 Å². The summed E-state index contributed by atoms with van der Waals surface area (Å²) in [6.07, 6.45) is -0.568. The standard InChI is InChI=1S/C23H27N4O10P/c1-23(2)35-17-15(34-21(18(17)36-23)27-9-8-26-16(19(25)28)20(27)29)11-33-38(31)37-14-7-5-4-6-12(14)10-13(24)22(30)32-3/h4-9,13,15,17-18,21H,10-11,24H2,1-3H3,(H-,25,28)/p+1. The van der Waals surface area contributed by atoms with Gasteiger partial charge in [0.1, 0.15) is 31.0 Å². The highest BCUT2D eigenvalue weighted by atomic mass is 31.1. The van der Waals surface area contributed by atoms with Crippen LogP contribution in [0.15, 0.2) is 41.5 Å². The first-order valence-electron chi connectivity index (χ1n) is 11.6. The third-order valence-electron chi connectivity index (χ3n) is 5.93. The van der Waals surface area contributed by atoms with E-state index in [1.807, 2.05) is 0 Å². The third kappa shape index (κ3) is 5.90. The summed E-state index contributed by atoms with van der Waals surface area (Å²) in [6, 6.07) is 5.70. The number of hydrogen-bond acceptors (Lipinski definition) is 12. The average molecular weight is 551 g/mol. The number of primary amides is 1. The Kier molecular flexibility index (Phi) is 8.21. The first-order chi connectivity index (χ1) is 18.0. The van der Waals surface area contributed by atoms with Crippen molar-refractivity contribution in [3.05, 3.63) is 58.3 Å². The molecule has 6 atom stereocenters. The molecular weight excluding hydrogens is 523 g/mol. The largest absolute Gasteiger partial charge is 0.750 e. The summed E-state index contributed by atoms with van der Waals surface area (Å²) in [5.41, 5.74) is 10.4. The molecule has 4 rings (SSSR count). The summed E-state index contributed by atoms with van der Waals surface area (Å²) in [7, 11) is -1.45. The van der Waals surface area contributed by atoms with Crippen molar-refractivity contribution >= 4 is 20.1 Å². The fourth-order valence-electron chi connectivity index (χ4n) is 4.29. The Labute approximate surface area is 218 Å². The van der Waals surface area contributed by atoms with Crippen LogP contribution in [0.1, 0.15) is 36.1 Å². The minimum Gasteiger partial charge on any atom is -0.468 e. The van der Waals surface area contributed by atoms with Crippen LogP contribution in [-0.4, -0.2) is 65.3 Å². The molecule has 1 aromatic heterocycles. The number of carbonyl (C=O) groups is 2. The molecule has 0 radical (unpaired) electrons. The number of benzene rings is 1. The van der Waals surface area contributed by atoms with Crippen molar-refractivity contribution in [1.29, 1.82) is 0 Å². The van der Waals surface area contributed by atoms with Crippen molar-refractivity contribution in [2.75, 3.05) is 13.7 Å². The van der Waals surface area contributed by atoms with Crippen molar-refractivity contribution in [2.45, 2.75) is 56.6 Å². The lowest BCUT2D eigenvalue weighted by Crippen LogP contribution is -2.37. The highest BCUT2D eigenvalue weighted by Gasteiger charge is 2.57. The summed E-state index contributed by atoms with van der Waals surface area (Å²) in [5.74, 6) is -2.36. The summed E-state index contributed by atoms with van der Waals surface area (Å²) in [4.78, 5) is 39.8. The molecule has 2 aromatic rings. The summed E-state index contributed by atoms with van der Waals surface area (Å²) in [5, 5.41) is 0. The molecule has 1 aromatic carbocycles. The third-order valence-corrected chi connectivity index (χ3v) is 6.64. The summed E-state index contributed by atoms with van der Waals surface area (Å²) in [6.45, 7) is 3.16. The number of methoxy groups -OCH3 is 1. The van der Waals surface area contributed by atoms with Gasteiger partial charge in [-0.3, -0.25) is 19.0 Å². The second-order valence-corrected chi connectivity index (χ2v) is 9.92. The predicted molar refractivity (Wildman–Crippen MR) is 129 cm³/mol. The highest BCUT2D eigenvalue weighted by molar-refractivity contribution is 7.33. The lowest BCUT2D eigenvalue weighted by atomic mass is 10.1. The number of aromatic nitrogens is 2. The molecule has 0 spiro atoms. The molecule has 0 bridgehead atoms. The number of rotatable bonds is 10. The molecule has 204 valence electrons. The fourth-order valence-corrected chi connectivity index (χ4v) is 4.95. The molecule has 38 heavy (non-hydrogen) atoms. The molecule has 2 saturated heterocycles. The molecule has 15 heteroatoms. The number of fused-ring (bicyclic) bond motifs is 1. The number of esters is 1. The van der Waals surface area contributed by atoms with Crippen LogP contribution in [-0.2, 0) is 39.3 Å². The predicted octanol–water partition coefficient (Wildman–Crippen LogP) is 0.555. The van der Waals surface area contributed by atoms with E-state index in [-0.39, 0.29) is 18.8 Å². The van der Waals surface area contributed by atoms with E-state index in [0.717, 1.165) is 4.57 Å². The normalized spacial score (nSPS) is 24.9. The van der Waals surface area contributed by atoms with Crippen LogP contribution in [0.4, 0.5) is 0 Å². The van der Waals surface area contributed by atoms with Crippen LogP contribution >= 0.6 is 8.25 Å². The Morgan fingerprint density at radius 3 is 2.66 bits per heavy atom. The molecule has 4 N–H and O–H groups in total. The van der Waals surface area contributed by atoms with Gasteiger partial charge in [0.15, 0.2) is 23.5 Å². The zero-order valence-electron chi connectivity index (χ0n) is 20.8. The van der Waals surface area contributed by atoms with Gasteiger partial charge in [-0.1, -0.05) is 18.2 Å². The maximum absolute atomic E-state index is 12.8. The van der Waals surface area contributed by atoms with Crippen molar-refractivity contribution in [3.8, 4) is 5.75 Å². The topological polar surface area (TPSA) is 194 Å². The molecule has 3 heterocycles. The monoisotopic (exact) mass is 551 g/mol. The average Bonchev–Trinajstić information content (AvgIpc) is 3.36. The molecule has 2 fully saturated rings. The van der Waals surface area contributed by atoms with Gasteiger partial charge in [0.2, 0.25) is 0 Å². The van der Waals surface area contributed by atoms with E-state index in [9.17, 15) is 18.9 Å². The van der Waals surface area contributed by atoms with E-state index in [0.29, 0.717) is 5.56 Å². The lowest BCUT2D eigenvalue weighted by Gasteiger charge is -2.24. The van der Waals surface area contributed by atoms with Crippen LogP contribution in [0.25, 0.3) is 0 Å². The molecule has 0 saturated carbocycles. The van der Waals surface area contributed by atoms with Crippen LogP contribution < -0.4 is 21.6 Å². The number of nitrogens with zero attached hydrogens (tertiary/aromatic N) is 2. The van der Waals surface area contributed by atoms with E-state index in [4.69, 9.17) is 34.7 Å². The van der Waals surface area contributed by atoms with E-state index < -0.39 is 67.8 Å². The Morgan fingerprint density at radius 2 is 1.95 bits per heavy atom. The van der Waals surface area contributed by atoms with E-state index in [1.165, 1.54) is 19.5 Å². The quantitative estimate of drug-likeness (QED) is 0.308. The fraction of sp³-hybridized carbons (Fsp3) is 0.478. The Morgan fingerprint density at radius 1 is 1.24 bits per heavy atom. The van der Waals surface area contributed by atoms with Gasteiger partial charge in [0.05, 0.1) is 7.11 Å². The van der Waals surface area contributed by atoms with Gasteiger partial charge < -0.3 is 30.4 Å². The van der Waals surface area contributed by atoms with Crippen molar-refractivity contribution < 1.29 is 42.1 Å². The van der Waals surface area contributed by atoms with Crippen LogP contribution in [0.5, 0.6) is 5.75 Å². The van der Waals surface area contributed by atoms with E-state index in [1.54, 1.807) is 38.1 Å². The smallest absolute Gasteiger partial charge is 0.468 e. The van der Waals surface area contributed by atoms with Crippen molar-refractivity contribution in [1.82, 2.24) is 9.55 Å². The molecule has 6 unspecified atom stereocenters. The molecule has 2 aliphatic heterocycles. The highest BCUT2D eigenvalue weighted by Crippen LogP contribution is 2.43. The SMILES string of the molecule is COC(=O)C(N)Cc1ccccc1O[P+](=O)OCC1OC(n2ccnc(C(N)=O)c2=O)C2OC(C)(C)OC12. The Hall–Kier alpha value is -3.26. The molecule has 2 aliphatic rings. The molecular formula is C23H28N4O10P+. The second kappa shape index (κ2) is 11.2. The van der Waals surface area contributed by atoms with Crippen LogP contribution in [0.2, 0.25) is 0 Å². The Bertz CT molecular complexity index is 1280. The first kappa shape index (κ1) is 27.8. The lowest BCUT2D eigenvalue weighted by molar-refractivity contribution is -0.199. The zero-order chi connectivity index (χ0) is 27.6. The van der Waals surface area contributed by atoms with Crippen molar-refractivity contribution in [2.24, 2.45) is 11.5 Å². The first-order valence-corrected chi connectivity index (χ1v) is 12.7. The zero-order valence-corrected chi connectivity index (χ0v) is 21.7.